The summed E-state index contributed by atoms with van der Waals surface area (Å²) in [5, 5.41) is 13.0. The van der Waals surface area contributed by atoms with Crippen LogP contribution in [0.4, 0.5) is 0 Å². The average molecular weight is 145 g/mol. The third-order valence-electron chi connectivity index (χ3n) is 1.61. The van der Waals surface area contributed by atoms with Crippen LogP contribution in [0.25, 0.3) is 0 Å². The zero-order valence-corrected chi connectivity index (χ0v) is 5.91. The molecule has 1 N–H and O–H groups in total. The summed E-state index contributed by atoms with van der Waals surface area (Å²) in [5.41, 5.74) is 0. The Hall–Kier alpha value is -0.680. The monoisotopic (exact) mass is 145 g/mol. The number of piperazine rings is 1. The molecule has 10 heavy (non-hydrogen) atoms. The van der Waals surface area contributed by atoms with E-state index in [4.69, 9.17) is 0 Å². The Kier molecular flexibility index (Phi) is 2.18. The van der Waals surface area contributed by atoms with E-state index < -0.39 is 6.17 Å². The van der Waals surface area contributed by atoms with E-state index in [1.165, 1.54) is 0 Å². The summed E-state index contributed by atoms with van der Waals surface area (Å²) in [6.45, 7) is 2.11. The van der Waals surface area contributed by atoms with Gasteiger partial charge in [0.25, 0.3) is 6.17 Å². The molecule has 0 aromatic heterocycles. The fraction of sp³-hybridized carbons (Fsp3) is 1.00. The fourth-order valence-corrected chi connectivity index (χ4v) is 1.01. The van der Waals surface area contributed by atoms with Gasteiger partial charge in [0.15, 0.2) is 0 Å². The highest BCUT2D eigenvalue weighted by molar-refractivity contribution is 4.67. The quantitative estimate of drug-likeness (QED) is 0.384. The standard InChI is InChI=1S/C5H11N3O2/c1-7-3-2-6-5(4-7)8(9)10/h5-6H,2-4H2,1H3. The zero-order chi connectivity index (χ0) is 7.56. The number of hydrogen-bond acceptors (Lipinski definition) is 4. The predicted octanol–water partition coefficient (Wildman–Crippen LogP) is -0.876. The SMILES string of the molecule is CN1CCNC([N+](=O)[O-])C1. The molecule has 0 aromatic rings. The van der Waals surface area contributed by atoms with Crippen molar-refractivity contribution in [3.05, 3.63) is 10.1 Å². The van der Waals surface area contributed by atoms with Crippen molar-refractivity contribution in [2.45, 2.75) is 6.17 Å². The smallest absolute Gasteiger partial charge is 0.278 e. The Morgan fingerprint density at radius 3 is 2.90 bits per heavy atom. The normalized spacial score (nSPS) is 28.3. The van der Waals surface area contributed by atoms with Crippen LogP contribution < -0.4 is 5.32 Å². The predicted molar refractivity (Wildman–Crippen MR) is 36.3 cm³/mol. The van der Waals surface area contributed by atoms with Crippen molar-refractivity contribution in [2.24, 2.45) is 0 Å². The van der Waals surface area contributed by atoms with Crippen LogP contribution in [0.15, 0.2) is 0 Å². The van der Waals surface area contributed by atoms with Crippen LogP contribution in [0.3, 0.4) is 0 Å². The highest BCUT2D eigenvalue weighted by Crippen LogP contribution is 1.95. The lowest BCUT2D eigenvalue weighted by Gasteiger charge is -2.24. The van der Waals surface area contributed by atoms with Crippen molar-refractivity contribution in [1.82, 2.24) is 10.2 Å². The number of likely N-dealkylation sites (N-methyl/N-ethyl adjacent to an activating group) is 1. The second kappa shape index (κ2) is 2.94. The first-order chi connectivity index (χ1) is 4.70. The Bertz CT molecular complexity index is 139. The Balaban J connectivity index is 2.39. The minimum Gasteiger partial charge on any atom is -0.297 e. The summed E-state index contributed by atoms with van der Waals surface area (Å²) >= 11 is 0. The molecule has 1 saturated heterocycles. The first-order valence-electron chi connectivity index (χ1n) is 3.25. The first-order valence-corrected chi connectivity index (χ1v) is 3.25. The summed E-state index contributed by atoms with van der Waals surface area (Å²) in [4.78, 5) is 11.9. The van der Waals surface area contributed by atoms with Gasteiger partial charge in [-0.1, -0.05) is 0 Å². The van der Waals surface area contributed by atoms with Gasteiger partial charge in [-0.15, -0.1) is 0 Å². The molecule has 58 valence electrons. The van der Waals surface area contributed by atoms with Gasteiger partial charge < -0.3 is 0 Å². The molecule has 5 heteroatoms. The van der Waals surface area contributed by atoms with Crippen LogP contribution >= 0.6 is 0 Å². The maximum atomic E-state index is 10.2. The Morgan fingerprint density at radius 2 is 2.50 bits per heavy atom. The number of rotatable bonds is 1. The van der Waals surface area contributed by atoms with Crippen molar-refractivity contribution in [1.29, 1.82) is 0 Å². The third kappa shape index (κ3) is 1.65. The number of nitro groups is 1. The Labute approximate surface area is 59.2 Å². The maximum Gasteiger partial charge on any atom is 0.278 e. The highest BCUT2D eigenvalue weighted by atomic mass is 16.6. The van der Waals surface area contributed by atoms with Crippen molar-refractivity contribution in [2.75, 3.05) is 26.7 Å². The van der Waals surface area contributed by atoms with E-state index in [2.05, 4.69) is 5.32 Å². The van der Waals surface area contributed by atoms with Crippen molar-refractivity contribution < 1.29 is 4.92 Å². The van der Waals surface area contributed by atoms with Gasteiger partial charge in [0, 0.05) is 18.0 Å². The average Bonchev–Trinajstić information content (AvgIpc) is 1.88. The number of hydrogen-bond donors (Lipinski definition) is 1. The maximum absolute atomic E-state index is 10.2. The van der Waals surface area contributed by atoms with Gasteiger partial charge >= 0.3 is 0 Å². The molecular weight excluding hydrogens is 134 g/mol. The van der Waals surface area contributed by atoms with Crippen molar-refractivity contribution >= 4 is 0 Å². The van der Waals surface area contributed by atoms with Crippen molar-refractivity contribution in [3.63, 3.8) is 0 Å². The molecule has 0 aromatic carbocycles. The van der Waals surface area contributed by atoms with E-state index in [-0.39, 0.29) is 4.92 Å². The third-order valence-corrected chi connectivity index (χ3v) is 1.61. The van der Waals surface area contributed by atoms with Gasteiger partial charge in [-0.3, -0.25) is 20.3 Å². The van der Waals surface area contributed by atoms with Crippen LogP contribution in [-0.4, -0.2) is 42.7 Å². The molecule has 1 rings (SSSR count). The van der Waals surface area contributed by atoms with Crippen LogP contribution in [0.1, 0.15) is 0 Å². The topological polar surface area (TPSA) is 58.4 Å². The summed E-state index contributed by atoms with van der Waals surface area (Å²) in [6, 6.07) is 0. The largest absolute Gasteiger partial charge is 0.297 e. The number of nitrogens with zero attached hydrogens (tertiary/aromatic N) is 2. The molecule has 1 fully saturated rings. The molecular formula is C5H11N3O2. The van der Waals surface area contributed by atoms with Gasteiger partial charge in [0.05, 0.1) is 6.54 Å². The molecule has 5 nitrogen and oxygen atoms in total. The van der Waals surface area contributed by atoms with E-state index >= 15 is 0 Å². The summed E-state index contributed by atoms with van der Waals surface area (Å²) in [5.74, 6) is 0. The molecule has 1 unspecified atom stereocenters. The Morgan fingerprint density at radius 1 is 1.80 bits per heavy atom. The highest BCUT2D eigenvalue weighted by Gasteiger charge is 2.24. The molecule has 0 spiro atoms. The van der Waals surface area contributed by atoms with E-state index in [0.717, 1.165) is 6.54 Å². The lowest BCUT2D eigenvalue weighted by Crippen LogP contribution is -2.52. The van der Waals surface area contributed by atoms with Crippen LogP contribution in [-0.2, 0) is 0 Å². The molecule has 0 bridgehead atoms. The molecule has 1 aliphatic rings. The minimum absolute atomic E-state index is 0.282. The van der Waals surface area contributed by atoms with Gasteiger partial charge in [0.2, 0.25) is 0 Å². The van der Waals surface area contributed by atoms with Gasteiger partial charge in [0.1, 0.15) is 0 Å². The molecule has 1 atom stereocenters. The summed E-state index contributed by atoms with van der Waals surface area (Å²) < 4.78 is 0. The van der Waals surface area contributed by atoms with Crippen LogP contribution in [0.5, 0.6) is 0 Å². The minimum atomic E-state index is -0.571. The molecule has 0 radical (unpaired) electrons. The molecule has 0 amide bonds. The van der Waals surface area contributed by atoms with E-state index in [1.54, 1.807) is 0 Å². The van der Waals surface area contributed by atoms with Gasteiger partial charge in [-0.05, 0) is 7.05 Å². The molecule has 0 aliphatic carbocycles. The second-order valence-corrected chi connectivity index (χ2v) is 2.52. The van der Waals surface area contributed by atoms with Crippen LogP contribution in [0.2, 0.25) is 0 Å². The van der Waals surface area contributed by atoms with Crippen LogP contribution in [0, 0.1) is 10.1 Å². The summed E-state index contributed by atoms with van der Waals surface area (Å²) in [7, 11) is 1.89. The molecule has 1 heterocycles. The molecule has 1 aliphatic heterocycles. The van der Waals surface area contributed by atoms with E-state index in [1.807, 2.05) is 11.9 Å². The van der Waals surface area contributed by atoms with E-state index in [0.29, 0.717) is 13.1 Å². The fourth-order valence-electron chi connectivity index (χ4n) is 1.01. The lowest BCUT2D eigenvalue weighted by molar-refractivity contribution is -0.532. The van der Waals surface area contributed by atoms with Gasteiger partial charge in [-0.25, -0.2) is 0 Å². The second-order valence-electron chi connectivity index (χ2n) is 2.52. The zero-order valence-electron chi connectivity index (χ0n) is 5.91. The molecule has 0 saturated carbocycles. The number of nitrogens with one attached hydrogen (secondary N) is 1. The van der Waals surface area contributed by atoms with Gasteiger partial charge in [-0.2, -0.15) is 0 Å². The van der Waals surface area contributed by atoms with Crippen molar-refractivity contribution in [3.8, 4) is 0 Å². The summed E-state index contributed by atoms with van der Waals surface area (Å²) in [6.07, 6.45) is -0.571. The van der Waals surface area contributed by atoms with E-state index in [9.17, 15) is 10.1 Å². The first kappa shape index (κ1) is 7.43. The lowest BCUT2D eigenvalue weighted by atomic mass is 10.3.